The molecule has 0 saturated heterocycles. The highest BCUT2D eigenvalue weighted by molar-refractivity contribution is 7.12. The maximum absolute atomic E-state index is 12.9. The molecule has 0 spiro atoms. The fraction of sp³-hybridized carbons (Fsp3) is 0.238. The molecule has 8 heteroatoms. The summed E-state index contributed by atoms with van der Waals surface area (Å²) in [5, 5.41) is 13.9. The summed E-state index contributed by atoms with van der Waals surface area (Å²) in [5.41, 5.74) is 1.51. The number of hydrogen-bond donors (Lipinski definition) is 3. The van der Waals surface area contributed by atoms with Crippen LogP contribution in [0, 0.1) is 5.92 Å². The number of nitrogens with one attached hydrogen (secondary N) is 2. The van der Waals surface area contributed by atoms with E-state index in [1.807, 2.05) is 35.7 Å². The first-order valence-electron chi connectivity index (χ1n) is 9.14. The Morgan fingerprint density at radius 2 is 1.90 bits per heavy atom. The lowest BCUT2D eigenvalue weighted by atomic mass is 9.92. The Bertz CT molecular complexity index is 940. The first-order chi connectivity index (χ1) is 14.0. The minimum Gasteiger partial charge on any atom is -0.480 e. The summed E-state index contributed by atoms with van der Waals surface area (Å²) in [6.07, 6.45) is 3.41. The molecular formula is C21H21N3O4S. The van der Waals surface area contributed by atoms with Gasteiger partial charge >= 0.3 is 5.97 Å². The van der Waals surface area contributed by atoms with Crippen LogP contribution in [0.2, 0.25) is 0 Å². The molecule has 0 aliphatic rings. The van der Waals surface area contributed by atoms with Crippen LogP contribution in [0.25, 0.3) is 0 Å². The van der Waals surface area contributed by atoms with Crippen molar-refractivity contribution in [2.45, 2.75) is 25.3 Å². The Labute approximate surface area is 171 Å². The SMILES string of the molecule is O=C(C[C@@H](Cc1ccccc1)C(=O)N[C@@H](Cc1cnc[nH]1)C(=O)O)c1cccs1. The third kappa shape index (κ3) is 5.86. The van der Waals surface area contributed by atoms with E-state index in [2.05, 4.69) is 15.3 Å². The predicted octanol–water partition coefficient (Wildman–Crippen LogP) is 2.72. The maximum Gasteiger partial charge on any atom is 0.326 e. The number of aromatic nitrogens is 2. The summed E-state index contributed by atoms with van der Waals surface area (Å²) in [6, 6.07) is 11.8. The van der Waals surface area contributed by atoms with Gasteiger partial charge in [0.15, 0.2) is 5.78 Å². The Hall–Kier alpha value is -3.26. The minimum absolute atomic E-state index is 0.0115. The Morgan fingerprint density at radius 3 is 2.52 bits per heavy atom. The van der Waals surface area contributed by atoms with E-state index in [1.54, 1.807) is 12.1 Å². The number of carbonyl (C=O) groups excluding carboxylic acids is 2. The number of carbonyl (C=O) groups is 3. The van der Waals surface area contributed by atoms with E-state index < -0.39 is 23.8 Å². The van der Waals surface area contributed by atoms with Crippen LogP contribution in [0.1, 0.15) is 27.3 Å². The highest BCUT2D eigenvalue weighted by Crippen LogP contribution is 2.19. The van der Waals surface area contributed by atoms with Gasteiger partial charge in [0, 0.05) is 30.7 Å². The summed E-state index contributed by atoms with van der Waals surface area (Å²) in [6.45, 7) is 0. The van der Waals surface area contributed by atoms with Crippen LogP contribution in [0.4, 0.5) is 0 Å². The highest BCUT2D eigenvalue weighted by atomic mass is 32.1. The number of carboxylic acid groups (broad SMARTS) is 1. The van der Waals surface area contributed by atoms with Gasteiger partial charge in [0.25, 0.3) is 0 Å². The molecule has 3 aromatic rings. The molecule has 1 aromatic carbocycles. The molecule has 150 valence electrons. The molecule has 0 fully saturated rings. The average Bonchev–Trinajstić information content (AvgIpc) is 3.41. The molecular weight excluding hydrogens is 390 g/mol. The number of benzene rings is 1. The third-order valence-electron chi connectivity index (χ3n) is 4.52. The summed E-state index contributed by atoms with van der Waals surface area (Å²) >= 11 is 1.33. The molecule has 3 rings (SSSR count). The van der Waals surface area contributed by atoms with Gasteiger partial charge in [-0.15, -0.1) is 11.3 Å². The van der Waals surface area contributed by atoms with Crippen LogP contribution in [-0.4, -0.2) is 38.8 Å². The summed E-state index contributed by atoms with van der Waals surface area (Å²) in [4.78, 5) is 44.5. The van der Waals surface area contributed by atoms with Crippen molar-refractivity contribution in [3.63, 3.8) is 0 Å². The van der Waals surface area contributed by atoms with Crippen molar-refractivity contribution in [1.29, 1.82) is 0 Å². The second-order valence-corrected chi connectivity index (χ2v) is 7.62. The van der Waals surface area contributed by atoms with Crippen molar-refractivity contribution in [3.05, 3.63) is 76.5 Å². The number of amides is 1. The Kier molecular flexibility index (Phi) is 6.91. The lowest BCUT2D eigenvalue weighted by Gasteiger charge is -2.20. The van der Waals surface area contributed by atoms with Gasteiger partial charge in [-0.25, -0.2) is 9.78 Å². The largest absolute Gasteiger partial charge is 0.480 e. The van der Waals surface area contributed by atoms with Crippen LogP contribution < -0.4 is 5.32 Å². The van der Waals surface area contributed by atoms with Gasteiger partial charge in [-0.05, 0) is 23.4 Å². The maximum atomic E-state index is 12.9. The molecule has 1 amide bonds. The first kappa shape index (κ1) is 20.5. The monoisotopic (exact) mass is 411 g/mol. The number of ketones is 1. The number of thiophene rings is 1. The number of rotatable bonds is 10. The first-order valence-corrected chi connectivity index (χ1v) is 10.0. The van der Waals surface area contributed by atoms with Gasteiger partial charge < -0.3 is 15.4 Å². The van der Waals surface area contributed by atoms with E-state index in [0.717, 1.165) is 5.56 Å². The second-order valence-electron chi connectivity index (χ2n) is 6.67. The van der Waals surface area contributed by atoms with Crippen molar-refractivity contribution >= 4 is 29.0 Å². The molecule has 2 atom stereocenters. The smallest absolute Gasteiger partial charge is 0.326 e. The van der Waals surface area contributed by atoms with Crippen molar-refractivity contribution < 1.29 is 19.5 Å². The quantitative estimate of drug-likeness (QED) is 0.444. The zero-order valence-electron chi connectivity index (χ0n) is 15.6. The normalized spacial score (nSPS) is 12.8. The van der Waals surface area contributed by atoms with Gasteiger partial charge in [-0.2, -0.15) is 0 Å². The van der Waals surface area contributed by atoms with Crippen molar-refractivity contribution in [1.82, 2.24) is 15.3 Å². The average molecular weight is 411 g/mol. The summed E-state index contributed by atoms with van der Waals surface area (Å²) in [5.74, 6) is -2.39. The fourth-order valence-corrected chi connectivity index (χ4v) is 3.70. The molecule has 3 N–H and O–H groups in total. The molecule has 0 aliphatic carbocycles. The zero-order chi connectivity index (χ0) is 20.6. The molecule has 7 nitrogen and oxygen atoms in total. The standard InChI is InChI=1S/C21H21N3O4S/c25-18(19-7-4-8-29-19)10-15(9-14-5-2-1-3-6-14)20(26)24-17(21(27)28)11-16-12-22-13-23-16/h1-8,12-13,15,17H,9-11H2,(H,22,23)(H,24,26)(H,27,28)/t15-,17+/m1/s1. The number of hydrogen-bond acceptors (Lipinski definition) is 5. The summed E-state index contributed by atoms with van der Waals surface area (Å²) in [7, 11) is 0. The topological polar surface area (TPSA) is 112 Å². The third-order valence-corrected chi connectivity index (χ3v) is 5.43. The van der Waals surface area contributed by atoms with Crippen LogP contribution >= 0.6 is 11.3 Å². The van der Waals surface area contributed by atoms with E-state index in [-0.39, 0.29) is 18.6 Å². The van der Waals surface area contributed by atoms with E-state index in [1.165, 1.54) is 23.9 Å². The molecule has 2 aromatic heterocycles. The van der Waals surface area contributed by atoms with Gasteiger partial charge in [0.05, 0.1) is 11.2 Å². The van der Waals surface area contributed by atoms with Gasteiger partial charge in [-0.3, -0.25) is 9.59 Å². The van der Waals surface area contributed by atoms with Crippen LogP contribution in [-0.2, 0) is 22.4 Å². The molecule has 0 aliphatic heterocycles. The molecule has 2 heterocycles. The van der Waals surface area contributed by atoms with E-state index in [4.69, 9.17) is 0 Å². The Balaban J connectivity index is 1.74. The number of H-pyrrole nitrogens is 1. The lowest BCUT2D eigenvalue weighted by molar-refractivity contribution is -0.142. The fourth-order valence-electron chi connectivity index (χ4n) is 3.02. The van der Waals surface area contributed by atoms with E-state index >= 15 is 0 Å². The number of imidazole rings is 1. The second kappa shape index (κ2) is 9.79. The highest BCUT2D eigenvalue weighted by Gasteiger charge is 2.28. The molecule has 0 radical (unpaired) electrons. The lowest BCUT2D eigenvalue weighted by Crippen LogP contribution is -2.45. The van der Waals surface area contributed by atoms with Gasteiger partial charge in [0.2, 0.25) is 5.91 Å². The molecule has 29 heavy (non-hydrogen) atoms. The van der Waals surface area contributed by atoms with Crippen molar-refractivity contribution in [2.24, 2.45) is 5.92 Å². The zero-order valence-corrected chi connectivity index (χ0v) is 16.4. The number of carboxylic acids is 1. The van der Waals surface area contributed by atoms with Gasteiger partial charge in [-0.1, -0.05) is 36.4 Å². The van der Waals surface area contributed by atoms with Crippen LogP contribution in [0.3, 0.4) is 0 Å². The number of aromatic amines is 1. The molecule has 0 unspecified atom stereocenters. The molecule has 0 saturated carbocycles. The van der Waals surface area contributed by atoms with Crippen molar-refractivity contribution in [3.8, 4) is 0 Å². The van der Waals surface area contributed by atoms with Crippen LogP contribution in [0.5, 0.6) is 0 Å². The summed E-state index contributed by atoms with van der Waals surface area (Å²) < 4.78 is 0. The van der Waals surface area contributed by atoms with Crippen molar-refractivity contribution in [2.75, 3.05) is 0 Å². The van der Waals surface area contributed by atoms with E-state index in [0.29, 0.717) is 17.0 Å². The number of Topliss-reactive ketones (excluding diaryl/α,β-unsaturated/α-hetero) is 1. The molecule has 0 bridgehead atoms. The number of aliphatic carboxylic acids is 1. The minimum atomic E-state index is -1.14. The van der Waals surface area contributed by atoms with Crippen LogP contribution in [0.15, 0.2) is 60.4 Å². The predicted molar refractivity (Wildman–Crippen MR) is 109 cm³/mol. The van der Waals surface area contributed by atoms with E-state index in [9.17, 15) is 19.5 Å². The number of nitrogens with zero attached hydrogens (tertiary/aromatic N) is 1. The Morgan fingerprint density at radius 1 is 1.10 bits per heavy atom. The van der Waals surface area contributed by atoms with Gasteiger partial charge in [0.1, 0.15) is 6.04 Å².